The van der Waals surface area contributed by atoms with Gasteiger partial charge in [-0.15, -0.1) is 0 Å². The molecule has 7 heteroatoms. The highest BCUT2D eigenvalue weighted by Crippen LogP contribution is 2.22. The first kappa shape index (κ1) is 17.1. The maximum atomic E-state index is 12.5. The normalized spacial score (nSPS) is 12.3. The van der Waals surface area contributed by atoms with Crippen molar-refractivity contribution >= 4 is 10.0 Å². The monoisotopic (exact) mass is 302 g/mol. The predicted molar refractivity (Wildman–Crippen MR) is 80.4 cm³/mol. The summed E-state index contributed by atoms with van der Waals surface area (Å²) in [7, 11) is -1.84. The van der Waals surface area contributed by atoms with Crippen LogP contribution in [-0.4, -0.2) is 49.2 Å². The lowest BCUT2D eigenvalue weighted by molar-refractivity contribution is 0.484. The maximum Gasteiger partial charge on any atom is 0.246 e. The Labute approximate surface area is 122 Å². The molecule has 0 aromatic carbocycles. The van der Waals surface area contributed by atoms with Crippen molar-refractivity contribution in [2.75, 3.05) is 26.7 Å². The summed E-state index contributed by atoms with van der Waals surface area (Å²) < 4.78 is 28.1. The second kappa shape index (κ2) is 7.19. The van der Waals surface area contributed by atoms with Crippen molar-refractivity contribution in [2.45, 2.75) is 45.6 Å². The van der Waals surface area contributed by atoms with Crippen LogP contribution in [0.5, 0.6) is 0 Å². The molecule has 0 radical (unpaired) electrons. The minimum atomic E-state index is -3.43. The van der Waals surface area contributed by atoms with Gasteiger partial charge in [-0.1, -0.05) is 13.8 Å². The van der Waals surface area contributed by atoms with E-state index >= 15 is 0 Å². The Kier molecular flexibility index (Phi) is 6.16. The quantitative estimate of drug-likeness (QED) is 0.731. The molecule has 0 aliphatic rings. The van der Waals surface area contributed by atoms with Crippen LogP contribution in [0.1, 0.15) is 31.7 Å². The van der Waals surface area contributed by atoms with Crippen molar-refractivity contribution < 1.29 is 8.42 Å². The number of rotatable bonds is 8. The van der Waals surface area contributed by atoms with E-state index in [4.69, 9.17) is 0 Å². The molecule has 0 saturated heterocycles. The average molecular weight is 302 g/mol. The van der Waals surface area contributed by atoms with Gasteiger partial charge >= 0.3 is 0 Å². The summed E-state index contributed by atoms with van der Waals surface area (Å²) in [6.07, 6.45) is 0.929. The molecule has 116 valence electrons. The predicted octanol–water partition coefficient (Wildman–Crippen LogP) is 1.14. The molecule has 0 saturated carbocycles. The summed E-state index contributed by atoms with van der Waals surface area (Å²) in [6.45, 7) is 10.5. The molecule has 1 aromatic rings. The van der Waals surface area contributed by atoms with Crippen molar-refractivity contribution in [3.8, 4) is 0 Å². The smallest absolute Gasteiger partial charge is 0.246 e. The van der Waals surface area contributed by atoms with E-state index in [-0.39, 0.29) is 0 Å². The summed E-state index contributed by atoms with van der Waals surface area (Å²) in [5, 5.41) is 7.62. The fourth-order valence-electron chi connectivity index (χ4n) is 2.13. The van der Waals surface area contributed by atoms with Gasteiger partial charge < -0.3 is 5.32 Å². The van der Waals surface area contributed by atoms with Crippen LogP contribution in [0.4, 0.5) is 0 Å². The first-order valence-electron chi connectivity index (χ1n) is 7.07. The molecule has 1 heterocycles. The molecule has 0 bridgehead atoms. The summed E-state index contributed by atoms with van der Waals surface area (Å²) >= 11 is 0. The number of aromatic nitrogens is 2. The molecule has 0 atom stereocenters. The zero-order valence-electron chi connectivity index (χ0n) is 13.1. The van der Waals surface area contributed by atoms with Gasteiger partial charge in [0, 0.05) is 20.1 Å². The van der Waals surface area contributed by atoms with Crippen LogP contribution in [0.15, 0.2) is 4.90 Å². The second-order valence-electron chi connectivity index (χ2n) is 4.85. The van der Waals surface area contributed by atoms with Crippen molar-refractivity contribution in [3.05, 3.63) is 11.4 Å². The highest BCUT2D eigenvalue weighted by atomic mass is 32.2. The number of nitrogens with zero attached hydrogens (tertiary/aromatic N) is 3. The molecular weight excluding hydrogens is 276 g/mol. The lowest BCUT2D eigenvalue weighted by Gasteiger charge is -2.15. The molecule has 0 unspecified atom stereocenters. The fraction of sp³-hybridized carbons (Fsp3) is 0.769. The van der Waals surface area contributed by atoms with Crippen LogP contribution in [0.25, 0.3) is 0 Å². The zero-order valence-corrected chi connectivity index (χ0v) is 13.9. The molecule has 20 heavy (non-hydrogen) atoms. The van der Waals surface area contributed by atoms with Gasteiger partial charge in [0.2, 0.25) is 10.0 Å². The summed E-state index contributed by atoms with van der Waals surface area (Å²) in [5.74, 6) is 0. The summed E-state index contributed by atoms with van der Waals surface area (Å²) in [6, 6.07) is 0. The van der Waals surface area contributed by atoms with E-state index in [1.165, 1.54) is 4.31 Å². The molecular formula is C13H26N4O2S. The van der Waals surface area contributed by atoms with E-state index in [0.29, 0.717) is 17.1 Å². The van der Waals surface area contributed by atoms with Gasteiger partial charge in [-0.05, 0) is 33.4 Å². The Hall–Kier alpha value is -0.920. The van der Waals surface area contributed by atoms with Crippen LogP contribution >= 0.6 is 0 Å². The minimum Gasteiger partial charge on any atom is -0.317 e. The minimum absolute atomic E-state index is 0.352. The van der Waals surface area contributed by atoms with Gasteiger partial charge in [0.15, 0.2) is 0 Å². The molecule has 1 aromatic heterocycles. The van der Waals surface area contributed by atoms with Crippen molar-refractivity contribution in [1.29, 1.82) is 0 Å². The number of nitrogens with one attached hydrogen (secondary N) is 1. The van der Waals surface area contributed by atoms with E-state index in [2.05, 4.69) is 17.3 Å². The van der Waals surface area contributed by atoms with Crippen LogP contribution < -0.4 is 5.32 Å². The second-order valence-corrected chi connectivity index (χ2v) is 6.83. The Morgan fingerprint density at radius 3 is 2.50 bits per heavy atom. The molecule has 0 spiro atoms. The standard InChI is InChI=1S/C13H26N4O2S/c1-6-14-9-8-10-17-12(4)13(11(3)15-17)20(18,19)16(5)7-2/h14H,6-10H2,1-5H3. The fourth-order valence-corrected chi connectivity index (χ4v) is 3.67. The highest BCUT2D eigenvalue weighted by Gasteiger charge is 2.27. The maximum absolute atomic E-state index is 12.5. The van der Waals surface area contributed by atoms with E-state index in [1.54, 1.807) is 18.7 Å². The van der Waals surface area contributed by atoms with Crippen LogP contribution in [-0.2, 0) is 16.6 Å². The molecule has 0 fully saturated rings. The zero-order chi connectivity index (χ0) is 15.3. The Morgan fingerprint density at radius 1 is 1.30 bits per heavy atom. The van der Waals surface area contributed by atoms with Crippen LogP contribution in [0.2, 0.25) is 0 Å². The number of hydrogen-bond acceptors (Lipinski definition) is 4. The largest absolute Gasteiger partial charge is 0.317 e. The molecule has 0 amide bonds. The average Bonchev–Trinajstić information content (AvgIpc) is 2.69. The van der Waals surface area contributed by atoms with Crippen molar-refractivity contribution in [1.82, 2.24) is 19.4 Å². The van der Waals surface area contributed by atoms with Crippen molar-refractivity contribution in [3.63, 3.8) is 0 Å². The van der Waals surface area contributed by atoms with E-state index in [9.17, 15) is 8.42 Å². The third-order valence-electron chi connectivity index (χ3n) is 3.40. The Morgan fingerprint density at radius 2 is 1.95 bits per heavy atom. The molecule has 6 nitrogen and oxygen atoms in total. The van der Waals surface area contributed by atoms with Crippen LogP contribution in [0.3, 0.4) is 0 Å². The molecule has 1 N–H and O–H groups in total. The van der Waals surface area contributed by atoms with E-state index in [1.807, 2.05) is 13.8 Å². The third-order valence-corrected chi connectivity index (χ3v) is 5.59. The number of sulfonamides is 1. The van der Waals surface area contributed by atoms with Gasteiger partial charge in [0.25, 0.3) is 0 Å². The Balaban J connectivity index is 2.98. The number of aryl methyl sites for hydroxylation is 2. The Bertz CT molecular complexity index is 537. The molecule has 0 aliphatic heterocycles. The van der Waals surface area contributed by atoms with E-state index in [0.717, 1.165) is 31.7 Å². The summed E-state index contributed by atoms with van der Waals surface area (Å²) in [5.41, 5.74) is 1.30. The first-order valence-corrected chi connectivity index (χ1v) is 8.51. The highest BCUT2D eigenvalue weighted by molar-refractivity contribution is 7.89. The molecule has 0 aliphatic carbocycles. The topological polar surface area (TPSA) is 67.2 Å². The lowest BCUT2D eigenvalue weighted by atomic mass is 10.4. The molecule has 1 rings (SSSR count). The van der Waals surface area contributed by atoms with Crippen molar-refractivity contribution in [2.24, 2.45) is 0 Å². The lowest BCUT2D eigenvalue weighted by Crippen LogP contribution is -2.27. The van der Waals surface area contributed by atoms with E-state index < -0.39 is 10.0 Å². The van der Waals surface area contributed by atoms with Gasteiger partial charge in [0.05, 0.1) is 11.4 Å². The van der Waals surface area contributed by atoms with Crippen LogP contribution in [0, 0.1) is 13.8 Å². The number of hydrogen-bond donors (Lipinski definition) is 1. The first-order chi connectivity index (χ1) is 9.36. The third kappa shape index (κ3) is 3.59. The van der Waals surface area contributed by atoms with Gasteiger partial charge in [-0.3, -0.25) is 4.68 Å². The SMILES string of the molecule is CCNCCCn1nc(C)c(S(=O)(=O)N(C)CC)c1C. The van der Waals surface area contributed by atoms with Gasteiger partial charge in [0.1, 0.15) is 4.90 Å². The van der Waals surface area contributed by atoms with Gasteiger partial charge in [-0.25, -0.2) is 12.7 Å². The van der Waals surface area contributed by atoms with Gasteiger partial charge in [-0.2, -0.15) is 5.10 Å². The summed E-state index contributed by atoms with van der Waals surface area (Å²) in [4.78, 5) is 0.352.